The molecule has 136 valence electrons. The highest BCUT2D eigenvalue weighted by Crippen LogP contribution is 2.28. The van der Waals surface area contributed by atoms with Crippen LogP contribution in [-0.4, -0.2) is 9.97 Å². The molecule has 0 unspecified atom stereocenters. The van der Waals surface area contributed by atoms with Crippen molar-refractivity contribution in [3.05, 3.63) is 77.2 Å². The second-order valence-electron chi connectivity index (χ2n) is 6.23. The van der Waals surface area contributed by atoms with Gasteiger partial charge in [-0.2, -0.15) is 10.2 Å². The molecular formula is C21H18FN3OS. The van der Waals surface area contributed by atoms with Crippen molar-refractivity contribution in [3.8, 4) is 17.7 Å². The first kappa shape index (κ1) is 18.9. The molecule has 6 heteroatoms. The van der Waals surface area contributed by atoms with Crippen molar-refractivity contribution in [1.82, 2.24) is 9.97 Å². The lowest BCUT2D eigenvalue weighted by atomic mass is 10.1. The van der Waals surface area contributed by atoms with E-state index in [0.29, 0.717) is 28.1 Å². The van der Waals surface area contributed by atoms with Gasteiger partial charge in [0.2, 0.25) is 5.88 Å². The van der Waals surface area contributed by atoms with Crippen LogP contribution in [0.4, 0.5) is 4.39 Å². The zero-order valence-corrected chi connectivity index (χ0v) is 15.8. The molecule has 1 heterocycles. The molecule has 27 heavy (non-hydrogen) atoms. The van der Waals surface area contributed by atoms with Gasteiger partial charge in [0.25, 0.3) is 0 Å². The number of halogens is 1. The van der Waals surface area contributed by atoms with Crippen LogP contribution in [-0.2, 0) is 5.75 Å². The van der Waals surface area contributed by atoms with Gasteiger partial charge in [-0.3, -0.25) is 0 Å². The lowest BCUT2D eigenvalue weighted by molar-refractivity contribution is 0.448. The van der Waals surface area contributed by atoms with Crippen LogP contribution in [0.5, 0.6) is 11.6 Å². The molecular weight excluding hydrogens is 361 g/mol. The number of ether oxygens (including phenoxy) is 1. The molecule has 0 N–H and O–H groups in total. The van der Waals surface area contributed by atoms with E-state index in [4.69, 9.17) is 10.00 Å². The standard InChI is InChI=1S/C21H18FN3OS/c1-14(2)19-11-20(26-18-8-4-7-17(22)10-18)25-21(24-19)27-13-16-6-3-5-15(9-16)12-23/h3-11,14H,13H2,1-2H3. The SMILES string of the molecule is CC(C)c1cc(Oc2cccc(F)c2)nc(SCc2cccc(C#N)c2)n1. The highest BCUT2D eigenvalue weighted by molar-refractivity contribution is 7.98. The fraction of sp³-hybridized carbons (Fsp3) is 0.190. The average Bonchev–Trinajstić information content (AvgIpc) is 2.66. The van der Waals surface area contributed by atoms with Crippen molar-refractivity contribution in [1.29, 1.82) is 5.26 Å². The maximum Gasteiger partial charge on any atom is 0.223 e. The number of nitrogens with zero attached hydrogens (tertiary/aromatic N) is 3. The molecule has 3 aromatic rings. The normalized spacial score (nSPS) is 10.6. The zero-order chi connectivity index (χ0) is 19.2. The van der Waals surface area contributed by atoms with Crippen molar-refractivity contribution in [2.24, 2.45) is 0 Å². The Morgan fingerprint density at radius 3 is 2.67 bits per heavy atom. The summed E-state index contributed by atoms with van der Waals surface area (Å²) in [5, 5.41) is 9.59. The second kappa shape index (κ2) is 8.65. The maximum atomic E-state index is 13.4. The number of hydrogen-bond donors (Lipinski definition) is 0. The van der Waals surface area contributed by atoms with Crippen LogP contribution < -0.4 is 4.74 Å². The summed E-state index contributed by atoms with van der Waals surface area (Å²) in [6.45, 7) is 4.08. The van der Waals surface area contributed by atoms with Crippen molar-refractivity contribution >= 4 is 11.8 Å². The van der Waals surface area contributed by atoms with Gasteiger partial charge in [-0.25, -0.2) is 9.37 Å². The number of aromatic nitrogens is 2. The predicted molar refractivity (Wildman–Crippen MR) is 103 cm³/mol. The van der Waals surface area contributed by atoms with E-state index in [1.807, 2.05) is 32.0 Å². The van der Waals surface area contributed by atoms with Gasteiger partial charge in [-0.15, -0.1) is 0 Å². The summed E-state index contributed by atoms with van der Waals surface area (Å²) in [5.74, 6) is 1.24. The fourth-order valence-corrected chi connectivity index (χ4v) is 3.16. The third-order valence-corrected chi connectivity index (χ3v) is 4.65. The van der Waals surface area contributed by atoms with E-state index in [9.17, 15) is 4.39 Å². The molecule has 4 nitrogen and oxygen atoms in total. The Labute approximate surface area is 162 Å². The topological polar surface area (TPSA) is 58.8 Å². The van der Waals surface area contributed by atoms with Crippen LogP contribution in [0.15, 0.2) is 59.8 Å². The first-order valence-corrected chi connectivity index (χ1v) is 9.46. The van der Waals surface area contributed by atoms with Crippen molar-refractivity contribution in [3.63, 3.8) is 0 Å². The largest absolute Gasteiger partial charge is 0.439 e. The Hall–Kier alpha value is -2.91. The molecule has 0 aliphatic carbocycles. The Balaban J connectivity index is 1.81. The first-order chi connectivity index (χ1) is 13.0. The Morgan fingerprint density at radius 1 is 1.11 bits per heavy atom. The lowest BCUT2D eigenvalue weighted by Gasteiger charge is -2.11. The van der Waals surface area contributed by atoms with Gasteiger partial charge in [-0.05, 0) is 35.7 Å². The number of rotatable bonds is 6. The molecule has 0 aliphatic rings. The van der Waals surface area contributed by atoms with E-state index in [1.165, 1.54) is 23.9 Å². The summed E-state index contributed by atoms with van der Waals surface area (Å²) in [5.41, 5.74) is 2.50. The van der Waals surface area contributed by atoms with E-state index < -0.39 is 0 Å². The summed E-state index contributed by atoms with van der Waals surface area (Å²) in [4.78, 5) is 9.02. The second-order valence-corrected chi connectivity index (χ2v) is 7.17. The highest BCUT2D eigenvalue weighted by atomic mass is 32.2. The van der Waals surface area contributed by atoms with Crippen LogP contribution in [0.3, 0.4) is 0 Å². The molecule has 0 saturated carbocycles. The van der Waals surface area contributed by atoms with Gasteiger partial charge < -0.3 is 4.74 Å². The first-order valence-electron chi connectivity index (χ1n) is 8.48. The molecule has 0 bridgehead atoms. The molecule has 2 aromatic carbocycles. The van der Waals surface area contributed by atoms with Gasteiger partial charge in [0, 0.05) is 17.9 Å². The number of nitriles is 1. The highest BCUT2D eigenvalue weighted by Gasteiger charge is 2.11. The Bertz CT molecular complexity index is 985. The molecule has 0 radical (unpaired) electrons. The van der Waals surface area contributed by atoms with Gasteiger partial charge in [0.15, 0.2) is 5.16 Å². The molecule has 3 rings (SSSR count). The van der Waals surface area contributed by atoms with Crippen molar-refractivity contribution in [2.45, 2.75) is 30.7 Å². The Kier molecular flexibility index (Phi) is 6.05. The third-order valence-electron chi connectivity index (χ3n) is 3.74. The summed E-state index contributed by atoms with van der Waals surface area (Å²) in [7, 11) is 0. The lowest BCUT2D eigenvalue weighted by Crippen LogP contribution is -2.00. The van der Waals surface area contributed by atoms with E-state index in [0.717, 1.165) is 11.3 Å². The number of thioether (sulfide) groups is 1. The number of benzene rings is 2. The number of hydrogen-bond acceptors (Lipinski definition) is 5. The van der Waals surface area contributed by atoms with Crippen LogP contribution in [0.2, 0.25) is 0 Å². The zero-order valence-electron chi connectivity index (χ0n) is 15.0. The van der Waals surface area contributed by atoms with Gasteiger partial charge >= 0.3 is 0 Å². The minimum Gasteiger partial charge on any atom is -0.439 e. The van der Waals surface area contributed by atoms with Gasteiger partial charge in [0.05, 0.1) is 17.3 Å². The molecule has 0 saturated heterocycles. The van der Waals surface area contributed by atoms with E-state index in [-0.39, 0.29) is 11.7 Å². The molecule has 0 spiro atoms. The fourth-order valence-electron chi connectivity index (χ4n) is 2.36. The van der Waals surface area contributed by atoms with Crippen LogP contribution in [0, 0.1) is 17.1 Å². The summed E-state index contributed by atoms with van der Waals surface area (Å²) >= 11 is 1.47. The maximum absolute atomic E-state index is 13.4. The minimum absolute atomic E-state index is 0.198. The molecule has 0 fully saturated rings. The Morgan fingerprint density at radius 2 is 1.93 bits per heavy atom. The van der Waals surface area contributed by atoms with E-state index in [1.54, 1.807) is 24.3 Å². The monoisotopic (exact) mass is 379 g/mol. The van der Waals surface area contributed by atoms with Crippen LogP contribution >= 0.6 is 11.8 Å². The third kappa shape index (κ3) is 5.28. The smallest absolute Gasteiger partial charge is 0.223 e. The summed E-state index contributed by atoms with van der Waals surface area (Å²) in [6, 6.07) is 17.3. The van der Waals surface area contributed by atoms with Crippen LogP contribution in [0.1, 0.15) is 36.6 Å². The molecule has 0 aliphatic heterocycles. The summed E-state index contributed by atoms with van der Waals surface area (Å²) < 4.78 is 19.1. The van der Waals surface area contributed by atoms with Crippen LogP contribution in [0.25, 0.3) is 0 Å². The van der Waals surface area contributed by atoms with E-state index in [2.05, 4.69) is 16.0 Å². The molecule has 0 atom stereocenters. The quantitative estimate of drug-likeness (QED) is 0.406. The van der Waals surface area contributed by atoms with Gasteiger partial charge in [0.1, 0.15) is 11.6 Å². The minimum atomic E-state index is -0.363. The predicted octanol–water partition coefficient (Wildman–Crippen LogP) is 5.70. The summed E-state index contributed by atoms with van der Waals surface area (Å²) in [6.07, 6.45) is 0. The average molecular weight is 379 g/mol. The van der Waals surface area contributed by atoms with Crippen molar-refractivity contribution < 1.29 is 9.13 Å². The molecule has 0 amide bonds. The van der Waals surface area contributed by atoms with E-state index >= 15 is 0 Å². The molecule has 1 aromatic heterocycles. The van der Waals surface area contributed by atoms with Crippen molar-refractivity contribution in [2.75, 3.05) is 0 Å². The van der Waals surface area contributed by atoms with Gasteiger partial charge in [-0.1, -0.05) is 43.8 Å².